The Morgan fingerprint density at radius 1 is 1.04 bits per heavy atom. The van der Waals surface area contributed by atoms with E-state index in [0.717, 1.165) is 16.9 Å². The van der Waals surface area contributed by atoms with Crippen LogP contribution in [0.1, 0.15) is 15.2 Å². The molecule has 2 aromatic carbocycles. The van der Waals surface area contributed by atoms with Gasteiger partial charge in [-0.2, -0.15) is 5.26 Å². The number of nitriles is 1. The van der Waals surface area contributed by atoms with Crippen LogP contribution in [0.15, 0.2) is 54.6 Å². The van der Waals surface area contributed by atoms with E-state index in [9.17, 15) is 15.2 Å². The molecule has 1 heterocycles. The van der Waals surface area contributed by atoms with Crippen LogP contribution in [0, 0.1) is 11.3 Å². The highest BCUT2D eigenvalue weighted by Crippen LogP contribution is 2.42. The van der Waals surface area contributed by atoms with Crippen LogP contribution in [0.3, 0.4) is 0 Å². The molecule has 3 aromatic rings. The van der Waals surface area contributed by atoms with E-state index in [1.807, 2.05) is 30.3 Å². The molecule has 0 atom stereocenters. The zero-order valence-electron chi connectivity index (χ0n) is 11.8. The molecule has 1 aromatic heterocycles. The van der Waals surface area contributed by atoms with Crippen molar-refractivity contribution in [2.45, 2.75) is 0 Å². The molecule has 23 heavy (non-hydrogen) atoms. The van der Waals surface area contributed by atoms with Gasteiger partial charge < -0.3 is 5.11 Å². The molecule has 0 aliphatic carbocycles. The number of aromatic carboxylic acids is 1. The van der Waals surface area contributed by atoms with Gasteiger partial charge in [-0.1, -0.05) is 54.1 Å². The van der Waals surface area contributed by atoms with Gasteiger partial charge in [0.2, 0.25) is 0 Å². The Kier molecular flexibility index (Phi) is 4.16. The summed E-state index contributed by atoms with van der Waals surface area (Å²) < 4.78 is 0. The number of benzene rings is 2. The molecule has 0 saturated carbocycles. The van der Waals surface area contributed by atoms with Gasteiger partial charge in [-0.15, -0.1) is 11.3 Å². The van der Waals surface area contributed by atoms with Crippen LogP contribution in [0.5, 0.6) is 0 Å². The maximum atomic E-state index is 11.6. The first kappa shape index (κ1) is 15.3. The number of carbonyl (C=O) groups is 1. The van der Waals surface area contributed by atoms with Gasteiger partial charge in [0.25, 0.3) is 0 Å². The molecule has 0 aliphatic heterocycles. The number of rotatable bonds is 3. The molecule has 0 radical (unpaired) electrons. The largest absolute Gasteiger partial charge is 0.477 e. The van der Waals surface area contributed by atoms with Crippen LogP contribution in [0.25, 0.3) is 21.6 Å². The fraction of sp³-hybridized carbons (Fsp3) is 0. The van der Waals surface area contributed by atoms with E-state index in [1.165, 1.54) is 0 Å². The highest BCUT2D eigenvalue weighted by atomic mass is 35.5. The first-order valence-electron chi connectivity index (χ1n) is 6.73. The van der Waals surface area contributed by atoms with E-state index in [-0.39, 0.29) is 4.88 Å². The first-order valence-corrected chi connectivity index (χ1v) is 7.93. The lowest BCUT2D eigenvalue weighted by Gasteiger charge is -2.03. The van der Waals surface area contributed by atoms with Gasteiger partial charge in [-0.3, -0.25) is 0 Å². The lowest BCUT2D eigenvalue weighted by Crippen LogP contribution is -1.95. The van der Waals surface area contributed by atoms with E-state index >= 15 is 0 Å². The van der Waals surface area contributed by atoms with Gasteiger partial charge in [0.1, 0.15) is 10.9 Å². The summed E-state index contributed by atoms with van der Waals surface area (Å²) in [6, 6.07) is 18.3. The highest BCUT2D eigenvalue weighted by Gasteiger charge is 2.24. The van der Waals surface area contributed by atoms with E-state index in [2.05, 4.69) is 6.07 Å². The number of carboxylic acid groups (broad SMARTS) is 1. The van der Waals surface area contributed by atoms with Gasteiger partial charge in [0.15, 0.2) is 0 Å². The average Bonchev–Trinajstić information content (AvgIpc) is 2.96. The molecule has 0 amide bonds. The molecule has 0 saturated heterocycles. The van der Waals surface area contributed by atoms with E-state index in [4.69, 9.17) is 11.6 Å². The Morgan fingerprint density at radius 3 is 2.26 bits per heavy atom. The number of carboxylic acids is 1. The first-order chi connectivity index (χ1) is 11.1. The maximum absolute atomic E-state index is 11.6. The predicted molar refractivity (Wildman–Crippen MR) is 91.9 cm³/mol. The molecule has 112 valence electrons. The number of nitrogens with zero attached hydrogens (tertiary/aromatic N) is 1. The summed E-state index contributed by atoms with van der Waals surface area (Å²) >= 11 is 7.01. The minimum atomic E-state index is -1.04. The molecule has 3 nitrogen and oxygen atoms in total. The molecule has 0 fully saturated rings. The van der Waals surface area contributed by atoms with Crippen molar-refractivity contribution < 1.29 is 9.90 Å². The molecule has 5 heteroatoms. The predicted octanol–water partition coefficient (Wildman–Crippen LogP) is 5.31. The minimum Gasteiger partial charge on any atom is -0.477 e. The number of hydrogen-bond acceptors (Lipinski definition) is 3. The Hall–Kier alpha value is -2.61. The van der Waals surface area contributed by atoms with Crippen LogP contribution in [0.4, 0.5) is 0 Å². The average molecular weight is 340 g/mol. The second kappa shape index (κ2) is 6.25. The summed E-state index contributed by atoms with van der Waals surface area (Å²) in [5, 5.41) is 19.7. The third-order valence-electron chi connectivity index (χ3n) is 3.38. The van der Waals surface area contributed by atoms with Crippen molar-refractivity contribution in [3.8, 4) is 27.6 Å². The quantitative estimate of drug-likeness (QED) is 0.703. The minimum absolute atomic E-state index is 0.155. The van der Waals surface area contributed by atoms with Gasteiger partial charge >= 0.3 is 5.97 Å². The molecule has 1 N–H and O–H groups in total. The second-order valence-electron chi connectivity index (χ2n) is 4.80. The smallest absolute Gasteiger partial charge is 0.346 e. The number of halogens is 1. The Balaban J connectivity index is 2.30. The third-order valence-corrected chi connectivity index (χ3v) is 4.86. The molecular formula is C18H10ClNO2S. The van der Waals surface area contributed by atoms with Gasteiger partial charge in [0, 0.05) is 10.6 Å². The van der Waals surface area contributed by atoms with Gasteiger partial charge in [-0.25, -0.2) is 4.79 Å². The Morgan fingerprint density at radius 2 is 1.70 bits per heavy atom. The number of hydrogen-bond donors (Lipinski definition) is 1. The monoisotopic (exact) mass is 339 g/mol. The van der Waals surface area contributed by atoms with Crippen LogP contribution in [-0.4, -0.2) is 11.1 Å². The molecular weight excluding hydrogens is 330 g/mol. The summed E-state index contributed by atoms with van der Waals surface area (Å²) in [4.78, 5) is 12.5. The summed E-state index contributed by atoms with van der Waals surface area (Å²) in [5.41, 5.74) is 2.32. The van der Waals surface area contributed by atoms with Crippen LogP contribution < -0.4 is 0 Å². The van der Waals surface area contributed by atoms with Crippen molar-refractivity contribution in [2.75, 3.05) is 0 Å². The van der Waals surface area contributed by atoms with Crippen molar-refractivity contribution >= 4 is 28.9 Å². The zero-order chi connectivity index (χ0) is 16.4. The molecule has 0 aliphatic rings. The summed E-state index contributed by atoms with van der Waals surface area (Å²) in [6.07, 6.45) is 0. The Bertz CT molecular complexity index is 909. The molecule has 0 bridgehead atoms. The highest BCUT2D eigenvalue weighted by molar-refractivity contribution is 7.18. The van der Waals surface area contributed by atoms with Crippen molar-refractivity contribution in [2.24, 2.45) is 0 Å². The van der Waals surface area contributed by atoms with Crippen molar-refractivity contribution in [1.29, 1.82) is 5.26 Å². The third kappa shape index (κ3) is 2.85. The van der Waals surface area contributed by atoms with E-state index in [0.29, 0.717) is 26.6 Å². The lowest BCUT2D eigenvalue weighted by atomic mass is 9.99. The second-order valence-corrected chi connectivity index (χ2v) is 6.26. The normalized spacial score (nSPS) is 10.3. The lowest BCUT2D eigenvalue weighted by molar-refractivity contribution is 0.0703. The van der Waals surface area contributed by atoms with Crippen LogP contribution in [-0.2, 0) is 0 Å². The van der Waals surface area contributed by atoms with Crippen LogP contribution >= 0.6 is 22.9 Å². The van der Waals surface area contributed by atoms with Crippen LogP contribution in [0.2, 0.25) is 5.02 Å². The summed E-state index contributed by atoms with van der Waals surface area (Å²) in [7, 11) is 0. The topological polar surface area (TPSA) is 61.1 Å². The van der Waals surface area contributed by atoms with Gasteiger partial charge in [0.05, 0.1) is 10.4 Å². The molecule has 3 rings (SSSR count). The summed E-state index contributed by atoms with van der Waals surface area (Å²) in [6.45, 7) is 0. The fourth-order valence-electron chi connectivity index (χ4n) is 2.37. The standard InChI is InChI=1S/C18H10ClNO2S/c19-13-8-6-11(7-9-13)15-14(10-20)16(23-17(15)18(21)22)12-4-2-1-3-5-12/h1-9H,(H,21,22). The van der Waals surface area contributed by atoms with E-state index in [1.54, 1.807) is 24.3 Å². The molecule has 0 spiro atoms. The Labute approximate surface area is 142 Å². The SMILES string of the molecule is N#Cc1c(-c2ccccc2)sc(C(=O)O)c1-c1ccc(Cl)cc1. The fourth-order valence-corrected chi connectivity index (χ4v) is 3.62. The van der Waals surface area contributed by atoms with Crippen molar-refractivity contribution in [3.05, 3.63) is 70.1 Å². The molecule has 0 unspecified atom stereocenters. The summed E-state index contributed by atoms with van der Waals surface area (Å²) in [5.74, 6) is -1.04. The maximum Gasteiger partial charge on any atom is 0.346 e. The van der Waals surface area contributed by atoms with Crippen molar-refractivity contribution in [1.82, 2.24) is 0 Å². The zero-order valence-corrected chi connectivity index (χ0v) is 13.4. The number of thiophene rings is 1. The van der Waals surface area contributed by atoms with Gasteiger partial charge in [-0.05, 0) is 23.3 Å². The van der Waals surface area contributed by atoms with Crippen molar-refractivity contribution in [3.63, 3.8) is 0 Å². The van der Waals surface area contributed by atoms with E-state index < -0.39 is 5.97 Å².